The predicted molar refractivity (Wildman–Crippen MR) is 210 cm³/mol. The van der Waals surface area contributed by atoms with E-state index in [0.29, 0.717) is 18.8 Å². The number of anilines is 1. The molecule has 288 valence electrons. The standard InChI is InChI=1S/C41H52N5O7P/c1-8-43-38-23-25-45(40(47)44-38)39-27-36(53-54(51-26-12-24-42)46(29(2)3)30(4)5)37(52-39)28-50-41(31-13-10-9-11-14-31,32-15-19-34(48-6)20-16-32)33-17-21-35(49-7)22-18-33/h9-11,13-23,25,29-30,36-37,39H,8,12,26-28H2,1-7H3,(H,43,44,47)/t36-,37+,39+,54?/m0/s1. The van der Waals surface area contributed by atoms with Crippen LogP contribution in [0.15, 0.2) is 95.9 Å². The van der Waals surface area contributed by atoms with Crippen molar-refractivity contribution in [1.29, 1.82) is 5.26 Å². The monoisotopic (exact) mass is 757 g/mol. The van der Waals surface area contributed by atoms with E-state index in [9.17, 15) is 10.1 Å². The molecule has 1 aliphatic heterocycles. The summed E-state index contributed by atoms with van der Waals surface area (Å²) in [6, 6.07) is 29.9. The highest BCUT2D eigenvalue weighted by Crippen LogP contribution is 2.50. The second kappa shape index (κ2) is 19.3. The quantitative estimate of drug-likeness (QED) is 0.0575. The Hall–Kier alpha value is -4.34. The molecule has 1 unspecified atom stereocenters. The molecule has 1 N–H and O–H groups in total. The molecule has 0 saturated carbocycles. The largest absolute Gasteiger partial charge is 0.497 e. The predicted octanol–water partition coefficient (Wildman–Crippen LogP) is 7.65. The van der Waals surface area contributed by atoms with Crippen LogP contribution >= 0.6 is 8.53 Å². The Bertz CT molecular complexity index is 1800. The normalized spacial score (nSPS) is 17.8. The molecule has 5 rings (SSSR count). The van der Waals surface area contributed by atoms with E-state index < -0.39 is 38.3 Å². The van der Waals surface area contributed by atoms with Gasteiger partial charge >= 0.3 is 5.69 Å². The van der Waals surface area contributed by atoms with Crippen LogP contribution in [0.3, 0.4) is 0 Å². The van der Waals surface area contributed by atoms with Crippen LogP contribution < -0.4 is 20.5 Å². The molecule has 0 radical (unpaired) electrons. The minimum atomic E-state index is -1.63. The van der Waals surface area contributed by atoms with E-state index in [1.54, 1.807) is 26.5 Å². The number of hydrogen-bond acceptors (Lipinski definition) is 11. The van der Waals surface area contributed by atoms with Gasteiger partial charge in [-0.3, -0.25) is 4.57 Å². The van der Waals surface area contributed by atoms with Crippen LogP contribution in [0.4, 0.5) is 5.82 Å². The van der Waals surface area contributed by atoms with Crippen LogP contribution in [-0.2, 0) is 24.1 Å². The molecule has 2 heterocycles. The average molecular weight is 758 g/mol. The zero-order valence-electron chi connectivity index (χ0n) is 32.2. The molecule has 54 heavy (non-hydrogen) atoms. The maximum absolute atomic E-state index is 13.4. The summed E-state index contributed by atoms with van der Waals surface area (Å²) >= 11 is 0. The number of nitriles is 1. The maximum Gasteiger partial charge on any atom is 0.351 e. The zero-order chi connectivity index (χ0) is 38.7. The van der Waals surface area contributed by atoms with Gasteiger partial charge in [-0.2, -0.15) is 10.2 Å². The molecule has 12 nitrogen and oxygen atoms in total. The lowest BCUT2D eigenvalue weighted by Crippen LogP contribution is -2.39. The van der Waals surface area contributed by atoms with E-state index in [0.717, 1.165) is 28.2 Å². The molecular formula is C41H52N5O7P. The number of benzene rings is 3. The molecule has 1 saturated heterocycles. The number of methoxy groups -OCH3 is 2. The molecule has 4 aromatic rings. The third-order valence-electron chi connectivity index (χ3n) is 9.20. The van der Waals surface area contributed by atoms with Gasteiger partial charge in [0.15, 0.2) is 0 Å². The van der Waals surface area contributed by atoms with Gasteiger partial charge in [-0.25, -0.2) is 9.46 Å². The lowest BCUT2D eigenvalue weighted by molar-refractivity contribution is -0.0925. The van der Waals surface area contributed by atoms with E-state index in [2.05, 4.69) is 48.7 Å². The number of hydrogen-bond donors (Lipinski definition) is 1. The van der Waals surface area contributed by atoms with Crippen LogP contribution in [-0.4, -0.2) is 72.5 Å². The van der Waals surface area contributed by atoms with Gasteiger partial charge in [-0.15, -0.1) is 0 Å². The van der Waals surface area contributed by atoms with Gasteiger partial charge in [0.25, 0.3) is 8.53 Å². The number of nitrogens with one attached hydrogen (secondary N) is 1. The first-order valence-corrected chi connectivity index (χ1v) is 19.5. The summed E-state index contributed by atoms with van der Waals surface area (Å²) in [5.74, 6) is 1.93. The second-order valence-electron chi connectivity index (χ2n) is 13.4. The van der Waals surface area contributed by atoms with Crippen molar-refractivity contribution in [3.63, 3.8) is 0 Å². The minimum Gasteiger partial charge on any atom is -0.497 e. The first-order chi connectivity index (χ1) is 26.1. The van der Waals surface area contributed by atoms with Gasteiger partial charge < -0.3 is 33.3 Å². The van der Waals surface area contributed by atoms with Crippen molar-refractivity contribution in [3.05, 3.63) is 118 Å². The van der Waals surface area contributed by atoms with Crippen molar-refractivity contribution in [2.24, 2.45) is 0 Å². The topological polar surface area (TPSA) is 129 Å². The van der Waals surface area contributed by atoms with Gasteiger partial charge in [0, 0.05) is 31.2 Å². The van der Waals surface area contributed by atoms with Crippen molar-refractivity contribution < 1.29 is 28.0 Å². The SMILES string of the molecule is CCNc1ccn([C@H]2C[C@H](OP(OCCC#N)N(C(C)C)C(C)C)[C@@H](COC(c3ccccc3)(c3ccc(OC)cc3)c3ccc(OC)cc3)O2)c(=O)n1. The number of rotatable bonds is 19. The molecule has 0 spiro atoms. The van der Waals surface area contributed by atoms with E-state index in [-0.39, 0.29) is 31.7 Å². The summed E-state index contributed by atoms with van der Waals surface area (Å²) in [6.45, 7) is 11.3. The van der Waals surface area contributed by atoms with Crippen molar-refractivity contribution in [3.8, 4) is 17.6 Å². The van der Waals surface area contributed by atoms with E-state index in [1.165, 1.54) is 4.57 Å². The Kier molecular flexibility index (Phi) is 14.6. The van der Waals surface area contributed by atoms with Crippen LogP contribution in [0.2, 0.25) is 0 Å². The molecule has 4 atom stereocenters. The van der Waals surface area contributed by atoms with Crippen LogP contribution in [0.5, 0.6) is 11.5 Å². The fourth-order valence-electron chi connectivity index (χ4n) is 6.74. The summed E-state index contributed by atoms with van der Waals surface area (Å²) in [5, 5.41) is 12.4. The Morgan fingerprint density at radius 3 is 2.06 bits per heavy atom. The lowest BCUT2D eigenvalue weighted by atomic mass is 9.80. The van der Waals surface area contributed by atoms with Gasteiger partial charge in [-0.05, 0) is 81.6 Å². The van der Waals surface area contributed by atoms with E-state index in [1.807, 2.05) is 85.8 Å². The molecule has 13 heteroatoms. The first kappa shape index (κ1) is 40.8. The average Bonchev–Trinajstić information content (AvgIpc) is 3.57. The molecular weight excluding hydrogens is 705 g/mol. The van der Waals surface area contributed by atoms with Crippen molar-refractivity contribution >= 4 is 14.3 Å². The summed E-state index contributed by atoms with van der Waals surface area (Å²) in [5.41, 5.74) is 1.11. The number of aromatic nitrogens is 2. The molecule has 0 amide bonds. The van der Waals surface area contributed by atoms with Crippen LogP contribution in [0.25, 0.3) is 0 Å². The fourth-order valence-corrected chi connectivity index (χ4v) is 8.49. The van der Waals surface area contributed by atoms with Crippen LogP contribution in [0.1, 0.15) is 70.4 Å². The molecule has 1 aliphatic rings. The second-order valence-corrected chi connectivity index (χ2v) is 14.8. The highest BCUT2D eigenvalue weighted by Gasteiger charge is 2.45. The highest BCUT2D eigenvalue weighted by atomic mass is 31.2. The molecule has 3 aromatic carbocycles. The summed E-state index contributed by atoms with van der Waals surface area (Å²) in [4.78, 5) is 17.6. The Labute approximate surface area is 319 Å². The third-order valence-corrected chi connectivity index (χ3v) is 11.4. The highest BCUT2D eigenvalue weighted by molar-refractivity contribution is 7.44. The molecule has 0 aliphatic carbocycles. The van der Waals surface area contributed by atoms with Crippen molar-refractivity contribution in [2.45, 2.75) is 83.6 Å². The summed E-state index contributed by atoms with van der Waals surface area (Å²) in [6.07, 6.45) is 0.385. The summed E-state index contributed by atoms with van der Waals surface area (Å²) in [7, 11) is 1.65. The van der Waals surface area contributed by atoms with Gasteiger partial charge in [0.2, 0.25) is 0 Å². The first-order valence-electron chi connectivity index (χ1n) is 18.4. The smallest absolute Gasteiger partial charge is 0.351 e. The number of ether oxygens (including phenoxy) is 4. The molecule has 0 bridgehead atoms. The Morgan fingerprint density at radius 2 is 1.54 bits per heavy atom. The lowest BCUT2D eigenvalue weighted by Gasteiger charge is -2.39. The zero-order valence-corrected chi connectivity index (χ0v) is 33.1. The third kappa shape index (κ3) is 9.47. The van der Waals surface area contributed by atoms with Gasteiger partial charge in [0.1, 0.15) is 35.2 Å². The van der Waals surface area contributed by atoms with E-state index in [4.69, 9.17) is 28.0 Å². The van der Waals surface area contributed by atoms with Crippen molar-refractivity contribution in [1.82, 2.24) is 14.2 Å². The van der Waals surface area contributed by atoms with Crippen LogP contribution in [0, 0.1) is 11.3 Å². The Balaban J connectivity index is 1.59. The van der Waals surface area contributed by atoms with Crippen molar-refractivity contribution in [2.75, 3.05) is 39.3 Å². The van der Waals surface area contributed by atoms with Gasteiger partial charge in [-0.1, -0.05) is 54.6 Å². The number of nitrogens with zero attached hydrogens (tertiary/aromatic N) is 4. The minimum absolute atomic E-state index is 0.0799. The molecule has 1 fully saturated rings. The fraction of sp³-hybridized carbons (Fsp3) is 0.439. The van der Waals surface area contributed by atoms with Gasteiger partial charge in [0.05, 0.1) is 46.0 Å². The Morgan fingerprint density at radius 1 is 0.944 bits per heavy atom. The van der Waals surface area contributed by atoms with E-state index >= 15 is 0 Å². The summed E-state index contributed by atoms with van der Waals surface area (Å²) < 4.78 is 42.0. The molecule has 1 aromatic heterocycles. The maximum atomic E-state index is 13.4.